The third-order valence-corrected chi connectivity index (χ3v) is 5.38. The zero-order valence-electron chi connectivity index (χ0n) is 17.2. The van der Waals surface area contributed by atoms with Gasteiger partial charge in [0.2, 0.25) is 0 Å². The Labute approximate surface area is 146 Å². The van der Waals surface area contributed by atoms with Gasteiger partial charge in [0, 0.05) is 45.0 Å². The summed E-state index contributed by atoms with van der Waals surface area (Å²) >= 11 is 0. The van der Waals surface area contributed by atoms with Crippen molar-refractivity contribution < 1.29 is 20.2 Å². The molecule has 1 aliphatic carbocycles. The molecule has 1 spiro atoms. The first-order chi connectivity index (χ1) is 13.1. The topological polar surface area (TPSA) is 85.8 Å². The molecule has 7 heteroatoms. The SMILES string of the molecule is [2H]C1([2H])c2ccncc2C([2H])([2H])N1C(=O)NCC1CC12CCN(C(=O)O)CC2. The molecule has 2 aliphatic heterocycles. The first kappa shape index (κ1) is 11.3. The molecule has 3 heterocycles. The molecule has 0 aromatic carbocycles. The number of pyridine rings is 1. The minimum atomic E-state index is -2.30. The van der Waals surface area contributed by atoms with Gasteiger partial charge < -0.3 is 20.2 Å². The standard InChI is InChI=1S/C17H22N4O3/c22-15(21-10-12-1-4-18-8-13(12)11-21)19-9-14-7-17(14)2-5-20(6-3-17)16(23)24/h1,4,8,14H,2-3,5-7,9-11H2,(H,19,22)(H,23,24)/i10D2,11D2. The molecule has 3 amide bonds. The highest BCUT2D eigenvalue weighted by molar-refractivity contribution is 5.75. The van der Waals surface area contributed by atoms with Crippen LogP contribution in [0.25, 0.3) is 0 Å². The summed E-state index contributed by atoms with van der Waals surface area (Å²) in [5.41, 5.74) is 0.195. The maximum absolute atomic E-state index is 12.7. The average molecular weight is 334 g/mol. The van der Waals surface area contributed by atoms with Crippen molar-refractivity contribution in [3.63, 3.8) is 0 Å². The van der Waals surface area contributed by atoms with Gasteiger partial charge in [-0.25, -0.2) is 9.59 Å². The Bertz CT molecular complexity index is 791. The fraction of sp³-hybridized carbons (Fsp3) is 0.588. The predicted octanol–water partition coefficient (Wildman–Crippen LogP) is 1.89. The fourth-order valence-corrected chi connectivity index (χ4v) is 3.72. The number of likely N-dealkylation sites (tertiary alicyclic amines) is 1. The summed E-state index contributed by atoms with van der Waals surface area (Å²) in [6.07, 6.45) is 4.13. The Morgan fingerprint density at radius 1 is 1.33 bits per heavy atom. The Balaban J connectivity index is 1.40. The van der Waals surface area contributed by atoms with Crippen LogP contribution in [0, 0.1) is 11.3 Å². The number of hydrogen-bond donors (Lipinski definition) is 2. The highest BCUT2D eigenvalue weighted by Crippen LogP contribution is 2.59. The van der Waals surface area contributed by atoms with E-state index >= 15 is 0 Å². The number of carboxylic acid groups (broad SMARTS) is 1. The molecule has 3 aliphatic rings. The summed E-state index contributed by atoms with van der Waals surface area (Å²) in [7, 11) is 0. The van der Waals surface area contributed by atoms with E-state index in [1.807, 2.05) is 0 Å². The number of carbonyl (C=O) groups is 2. The second-order valence-electron chi connectivity index (χ2n) is 6.70. The van der Waals surface area contributed by atoms with Crippen molar-refractivity contribution in [3.8, 4) is 0 Å². The third kappa shape index (κ3) is 2.68. The molecule has 7 nitrogen and oxygen atoms in total. The van der Waals surface area contributed by atoms with Gasteiger partial charge in [-0.05, 0) is 47.8 Å². The number of carbonyl (C=O) groups excluding carboxylic acids is 1. The number of nitrogens with zero attached hydrogens (tertiary/aromatic N) is 3. The van der Waals surface area contributed by atoms with Crippen molar-refractivity contribution in [2.45, 2.75) is 32.3 Å². The van der Waals surface area contributed by atoms with Gasteiger partial charge in [-0.2, -0.15) is 0 Å². The minimum Gasteiger partial charge on any atom is -0.465 e. The maximum Gasteiger partial charge on any atom is 0.407 e. The molecule has 1 atom stereocenters. The monoisotopic (exact) mass is 334 g/mol. The predicted molar refractivity (Wildman–Crippen MR) is 86.3 cm³/mol. The molecular formula is C17H22N4O3. The van der Waals surface area contributed by atoms with Crippen LogP contribution < -0.4 is 5.32 Å². The Kier molecular flexibility index (Phi) is 2.65. The van der Waals surface area contributed by atoms with E-state index in [9.17, 15) is 9.59 Å². The van der Waals surface area contributed by atoms with Crippen LogP contribution in [0.4, 0.5) is 9.59 Å². The Morgan fingerprint density at radius 3 is 2.79 bits per heavy atom. The molecule has 1 saturated heterocycles. The lowest BCUT2D eigenvalue weighted by molar-refractivity contribution is 0.117. The normalized spacial score (nSPS) is 30.6. The molecule has 1 unspecified atom stereocenters. The van der Waals surface area contributed by atoms with E-state index in [0.717, 1.165) is 19.3 Å². The van der Waals surface area contributed by atoms with Gasteiger partial charge in [-0.1, -0.05) is 0 Å². The Morgan fingerprint density at radius 2 is 2.08 bits per heavy atom. The van der Waals surface area contributed by atoms with Crippen molar-refractivity contribution in [2.75, 3.05) is 19.6 Å². The highest BCUT2D eigenvalue weighted by atomic mass is 16.4. The van der Waals surface area contributed by atoms with Crippen molar-refractivity contribution in [1.29, 1.82) is 0 Å². The van der Waals surface area contributed by atoms with Gasteiger partial charge in [-0.15, -0.1) is 0 Å². The van der Waals surface area contributed by atoms with Gasteiger partial charge in [0.25, 0.3) is 0 Å². The maximum atomic E-state index is 12.7. The van der Waals surface area contributed by atoms with Gasteiger partial charge in [0.15, 0.2) is 0 Å². The number of piperidine rings is 1. The lowest BCUT2D eigenvalue weighted by atomic mass is 9.91. The van der Waals surface area contributed by atoms with E-state index < -0.39 is 25.1 Å². The lowest BCUT2D eigenvalue weighted by Gasteiger charge is -2.31. The first-order valence-corrected chi connectivity index (χ1v) is 8.11. The van der Waals surface area contributed by atoms with Crippen LogP contribution in [0.1, 0.15) is 35.9 Å². The van der Waals surface area contributed by atoms with Gasteiger partial charge in [0.05, 0.1) is 5.48 Å². The van der Waals surface area contributed by atoms with E-state index in [2.05, 4.69) is 10.3 Å². The molecule has 0 radical (unpaired) electrons. The van der Waals surface area contributed by atoms with Crippen molar-refractivity contribution in [1.82, 2.24) is 20.1 Å². The molecule has 0 bridgehead atoms. The highest BCUT2D eigenvalue weighted by Gasteiger charge is 2.54. The largest absolute Gasteiger partial charge is 0.465 e. The fourth-order valence-electron chi connectivity index (χ4n) is 3.72. The average Bonchev–Trinajstić information content (AvgIpc) is 3.27. The lowest BCUT2D eigenvalue weighted by Crippen LogP contribution is -2.40. The zero-order chi connectivity index (χ0) is 20.3. The molecule has 2 N–H and O–H groups in total. The molecule has 2 fully saturated rings. The van der Waals surface area contributed by atoms with E-state index in [1.165, 1.54) is 23.4 Å². The molecule has 4 rings (SSSR count). The van der Waals surface area contributed by atoms with Gasteiger partial charge in [0.1, 0.15) is 0 Å². The number of hydrogen-bond acceptors (Lipinski definition) is 3. The minimum absolute atomic E-state index is 0.0369. The quantitative estimate of drug-likeness (QED) is 0.865. The summed E-state index contributed by atoms with van der Waals surface area (Å²) in [5.74, 6) is 0.204. The molecule has 128 valence electrons. The molecule has 1 aromatic rings. The van der Waals surface area contributed by atoms with Gasteiger partial charge in [-0.3, -0.25) is 4.98 Å². The number of aromatic nitrogens is 1. The number of fused-ring (bicyclic) bond motifs is 1. The second kappa shape index (κ2) is 5.65. The van der Waals surface area contributed by atoms with Crippen LogP contribution >= 0.6 is 0 Å². The van der Waals surface area contributed by atoms with Crippen LogP contribution in [0.5, 0.6) is 0 Å². The van der Waals surface area contributed by atoms with Crippen molar-refractivity contribution in [3.05, 3.63) is 29.6 Å². The summed E-state index contributed by atoms with van der Waals surface area (Å²) in [4.78, 5) is 29.6. The van der Waals surface area contributed by atoms with Crippen LogP contribution in [0.2, 0.25) is 0 Å². The summed E-state index contributed by atoms with van der Waals surface area (Å²) in [6.45, 7) is -3.28. The van der Waals surface area contributed by atoms with E-state index in [1.54, 1.807) is 0 Å². The number of urea groups is 1. The van der Waals surface area contributed by atoms with E-state index in [0.29, 0.717) is 24.5 Å². The van der Waals surface area contributed by atoms with Gasteiger partial charge >= 0.3 is 12.1 Å². The van der Waals surface area contributed by atoms with Crippen LogP contribution in [-0.2, 0) is 13.0 Å². The first-order valence-electron chi connectivity index (χ1n) is 10.1. The van der Waals surface area contributed by atoms with Crippen molar-refractivity contribution >= 4 is 12.1 Å². The molecular weight excluding hydrogens is 308 g/mol. The second-order valence-corrected chi connectivity index (χ2v) is 6.70. The molecule has 24 heavy (non-hydrogen) atoms. The van der Waals surface area contributed by atoms with Crippen LogP contribution in [0.3, 0.4) is 0 Å². The third-order valence-electron chi connectivity index (χ3n) is 5.38. The number of amides is 3. The summed E-state index contributed by atoms with van der Waals surface area (Å²) in [5, 5.41) is 11.7. The zero-order valence-corrected chi connectivity index (χ0v) is 13.2. The molecule has 1 saturated carbocycles. The van der Waals surface area contributed by atoms with E-state index in [4.69, 9.17) is 10.6 Å². The smallest absolute Gasteiger partial charge is 0.407 e. The molecule has 1 aromatic heterocycles. The summed E-state index contributed by atoms with van der Waals surface area (Å²) in [6, 6.07) is 0.600. The van der Waals surface area contributed by atoms with E-state index in [-0.39, 0.29) is 22.5 Å². The summed E-state index contributed by atoms with van der Waals surface area (Å²) < 4.78 is 33.0. The number of nitrogens with one attached hydrogen (secondary N) is 1. The van der Waals surface area contributed by atoms with Crippen LogP contribution in [0.15, 0.2) is 18.5 Å². The van der Waals surface area contributed by atoms with Crippen molar-refractivity contribution in [2.24, 2.45) is 11.3 Å². The van der Waals surface area contributed by atoms with Crippen LogP contribution in [-0.4, -0.2) is 51.6 Å². The Hall–Kier alpha value is -2.31. The number of rotatable bonds is 2.